The Kier molecular flexibility index (Phi) is 2.08. The zero-order chi connectivity index (χ0) is 12.0. The Bertz CT molecular complexity index is 579. The van der Waals surface area contributed by atoms with E-state index in [1.165, 1.54) is 12.1 Å². The molecular weight excluding hydrogens is 222 g/mol. The molecule has 0 atom stereocenters. The van der Waals surface area contributed by atoms with E-state index in [0.717, 1.165) is 0 Å². The minimum absolute atomic E-state index is 0.00472. The molecule has 1 nitrogen and oxygen atoms in total. The normalized spacial score (nSPS) is 13.2. The summed E-state index contributed by atoms with van der Waals surface area (Å²) in [5.41, 5.74) is 1.25. The van der Waals surface area contributed by atoms with Gasteiger partial charge < -0.3 is 0 Å². The first-order chi connectivity index (χ1) is 8.18. The Morgan fingerprint density at radius 1 is 0.824 bits per heavy atom. The molecule has 0 radical (unpaired) electrons. The molecule has 0 spiro atoms. The molecular formula is C14H8F2O. The number of carbonyl (C=O) groups is 1. The summed E-state index contributed by atoms with van der Waals surface area (Å²) in [6, 6.07) is 8.97. The molecule has 0 amide bonds. The largest absolute Gasteiger partial charge is 0.288 e. The van der Waals surface area contributed by atoms with Gasteiger partial charge in [-0.2, -0.15) is 0 Å². The average molecular weight is 230 g/mol. The van der Waals surface area contributed by atoms with Crippen molar-refractivity contribution < 1.29 is 13.6 Å². The predicted molar refractivity (Wildman–Crippen MR) is 59.0 cm³/mol. The number of ketones is 1. The maximum atomic E-state index is 13.6. The van der Waals surface area contributed by atoms with Gasteiger partial charge in [-0.1, -0.05) is 24.3 Å². The zero-order valence-corrected chi connectivity index (χ0v) is 8.84. The van der Waals surface area contributed by atoms with Crippen LogP contribution in [0.2, 0.25) is 0 Å². The van der Waals surface area contributed by atoms with Gasteiger partial charge in [0.25, 0.3) is 0 Å². The fourth-order valence-corrected chi connectivity index (χ4v) is 2.27. The Balaban J connectivity index is 2.30. The fraction of sp³-hybridized carbons (Fsp3) is 0.0714. The molecule has 1 aliphatic rings. The second kappa shape index (κ2) is 3.48. The predicted octanol–water partition coefficient (Wildman–Crippen LogP) is 3.10. The van der Waals surface area contributed by atoms with E-state index in [2.05, 4.69) is 0 Å². The van der Waals surface area contributed by atoms with E-state index in [0.29, 0.717) is 17.5 Å². The molecule has 0 fully saturated rings. The zero-order valence-electron chi connectivity index (χ0n) is 8.84. The van der Waals surface area contributed by atoms with Crippen LogP contribution in [0.4, 0.5) is 8.78 Å². The lowest BCUT2D eigenvalue weighted by Gasteiger charge is -2.19. The number of fused-ring (bicyclic) bond motifs is 2. The molecule has 0 aromatic heterocycles. The first-order valence-electron chi connectivity index (χ1n) is 5.28. The van der Waals surface area contributed by atoms with E-state index in [1.54, 1.807) is 24.3 Å². The van der Waals surface area contributed by atoms with Crippen LogP contribution in [0.15, 0.2) is 36.4 Å². The number of hydrogen-bond acceptors (Lipinski definition) is 1. The molecule has 0 aliphatic heterocycles. The number of benzene rings is 2. The van der Waals surface area contributed by atoms with Gasteiger partial charge in [0.1, 0.15) is 11.6 Å². The highest BCUT2D eigenvalue weighted by Gasteiger charge is 2.28. The van der Waals surface area contributed by atoms with Crippen LogP contribution in [0.5, 0.6) is 0 Å². The van der Waals surface area contributed by atoms with Crippen molar-refractivity contribution in [3.63, 3.8) is 0 Å². The second-order valence-electron chi connectivity index (χ2n) is 4.05. The van der Waals surface area contributed by atoms with Crippen molar-refractivity contribution in [2.24, 2.45) is 0 Å². The van der Waals surface area contributed by atoms with Gasteiger partial charge in [-0.3, -0.25) is 4.79 Å². The van der Waals surface area contributed by atoms with Gasteiger partial charge >= 0.3 is 0 Å². The highest BCUT2D eigenvalue weighted by molar-refractivity contribution is 6.12. The van der Waals surface area contributed by atoms with E-state index < -0.39 is 17.4 Å². The lowest BCUT2D eigenvalue weighted by atomic mass is 9.84. The first kappa shape index (κ1) is 10.1. The molecule has 0 bridgehead atoms. The van der Waals surface area contributed by atoms with E-state index in [-0.39, 0.29) is 11.1 Å². The molecule has 0 saturated carbocycles. The Hall–Kier alpha value is -2.03. The van der Waals surface area contributed by atoms with Crippen molar-refractivity contribution in [1.29, 1.82) is 0 Å². The molecule has 1 aliphatic carbocycles. The number of carbonyl (C=O) groups excluding carboxylic acids is 1. The summed E-state index contributed by atoms with van der Waals surface area (Å²) in [6.07, 6.45) is 0.395. The summed E-state index contributed by atoms with van der Waals surface area (Å²) in [5.74, 6) is -1.72. The lowest BCUT2D eigenvalue weighted by molar-refractivity contribution is 0.102. The van der Waals surface area contributed by atoms with Gasteiger partial charge in [0.2, 0.25) is 0 Å². The maximum absolute atomic E-state index is 13.6. The van der Waals surface area contributed by atoms with Gasteiger partial charge in [0.05, 0.1) is 11.1 Å². The minimum atomic E-state index is -0.582. The van der Waals surface area contributed by atoms with Crippen LogP contribution < -0.4 is 0 Å². The van der Waals surface area contributed by atoms with Gasteiger partial charge in [-0.25, -0.2) is 8.78 Å². The molecule has 2 aromatic carbocycles. The van der Waals surface area contributed by atoms with E-state index in [9.17, 15) is 13.6 Å². The van der Waals surface area contributed by atoms with Crippen LogP contribution in [0.3, 0.4) is 0 Å². The molecule has 2 aromatic rings. The monoisotopic (exact) mass is 230 g/mol. The Labute approximate surface area is 96.7 Å². The lowest BCUT2D eigenvalue weighted by Crippen LogP contribution is -2.18. The summed E-state index contributed by atoms with van der Waals surface area (Å²) >= 11 is 0. The van der Waals surface area contributed by atoms with E-state index in [4.69, 9.17) is 0 Å². The third-order valence-electron chi connectivity index (χ3n) is 3.03. The molecule has 17 heavy (non-hydrogen) atoms. The summed E-state index contributed by atoms with van der Waals surface area (Å²) < 4.78 is 27.2. The third-order valence-corrected chi connectivity index (χ3v) is 3.03. The first-order valence-corrected chi connectivity index (χ1v) is 5.28. The van der Waals surface area contributed by atoms with Crippen molar-refractivity contribution in [3.05, 3.63) is 70.3 Å². The van der Waals surface area contributed by atoms with Crippen LogP contribution in [0, 0.1) is 11.6 Å². The summed E-state index contributed by atoms with van der Waals surface area (Å²) in [4.78, 5) is 12.1. The number of hydrogen-bond donors (Lipinski definition) is 0. The van der Waals surface area contributed by atoms with Crippen molar-refractivity contribution in [3.8, 4) is 0 Å². The van der Waals surface area contributed by atoms with Crippen molar-refractivity contribution in [1.82, 2.24) is 0 Å². The minimum Gasteiger partial charge on any atom is -0.288 e. The summed E-state index contributed by atoms with van der Waals surface area (Å²) in [6.45, 7) is 0. The maximum Gasteiger partial charge on any atom is 0.199 e. The quantitative estimate of drug-likeness (QED) is 0.580. The molecule has 3 heteroatoms. The standard InChI is InChI=1S/C14H8F2O/c15-10-5-1-3-8-7-9-4-2-6-11(16)13(9)14(17)12(8)10/h1-6H,7H2. The Morgan fingerprint density at radius 2 is 1.29 bits per heavy atom. The summed E-state index contributed by atoms with van der Waals surface area (Å²) in [7, 11) is 0. The molecule has 3 rings (SSSR count). The highest BCUT2D eigenvalue weighted by atomic mass is 19.1. The topological polar surface area (TPSA) is 17.1 Å². The van der Waals surface area contributed by atoms with Crippen molar-refractivity contribution >= 4 is 5.78 Å². The van der Waals surface area contributed by atoms with Gasteiger partial charge in [-0.05, 0) is 29.7 Å². The van der Waals surface area contributed by atoms with Gasteiger partial charge in [0.15, 0.2) is 5.78 Å². The van der Waals surface area contributed by atoms with Crippen LogP contribution in [0.25, 0.3) is 0 Å². The molecule has 84 valence electrons. The highest BCUT2D eigenvalue weighted by Crippen LogP contribution is 2.30. The average Bonchev–Trinajstić information content (AvgIpc) is 2.28. The number of halogens is 2. The van der Waals surface area contributed by atoms with Gasteiger partial charge in [-0.15, -0.1) is 0 Å². The number of rotatable bonds is 0. The summed E-state index contributed by atoms with van der Waals surface area (Å²) in [5, 5.41) is 0. The SMILES string of the molecule is O=C1c2c(F)cccc2Cc2cccc(F)c21. The van der Waals surface area contributed by atoms with Crippen LogP contribution >= 0.6 is 0 Å². The smallest absolute Gasteiger partial charge is 0.199 e. The van der Waals surface area contributed by atoms with Crippen molar-refractivity contribution in [2.45, 2.75) is 6.42 Å². The van der Waals surface area contributed by atoms with Crippen LogP contribution in [-0.4, -0.2) is 5.78 Å². The van der Waals surface area contributed by atoms with E-state index >= 15 is 0 Å². The molecule has 0 unspecified atom stereocenters. The molecule has 0 heterocycles. The molecule has 0 N–H and O–H groups in total. The van der Waals surface area contributed by atoms with Crippen LogP contribution in [-0.2, 0) is 6.42 Å². The fourth-order valence-electron chi connectivity index (χ4n) is 2.27. The van der Waals surface area contributed by atoms with E-state index in [1.807, 2.05) is 0 Å². The second-order valence-corrected chi connectivity index (χ2v) is 4.05. The van der Waals surface area contributed by atoms with Crippen LogP contribution in [0.1, 0.15) is 27.0 Å². The Morgan fingerprint density at radius 3 is 1.76 bits per heavy atom. The molecule has 0 saturated heterocycles. The third kappa shape index (κ3) is 1.39. The van der Waals surface area contributed by atoms with Gasteiger partial charge in [0, 0.05) is 0 Å². The van der Waals surface area contributed by atoms with Crippen molar-refractivity contribution in [2.75, 3.05) is 0 Å².